The maximum absolute atomic E-state index is 13.8. The lowest BCUT2D eigenvalue weighted by atomic mass is 9.92. The van der Waals surface area contributed by atoms with Gasteiger partial charge in [0, 0.05) is 37.5 Å². The molecule has 0 aliphatic carbocycles. The molecule has 4 rings (SSSR count). The normalized spacial score (nSPS) is 24.1. The molecule has 0 saturated carbocycles. The molecule has 8 nitrogen and oxygen atoms in total. The molecule has 0 radical (unpaired) electrons. The predicted molar refractivity (Wildman–Crippen MR) is 150 cm³/mol. The summed E-state index contributed by atoms with van der Waals surface area (Å²) in [5, 5.41) is 16.0. The smallest absolute Gasteiger partial charge is 0.240 e. The van der Waals surface area contributed by atoms with Crippen LogP contribution in [0.15, 0.2) is 54.6 Å². The highest BCUT2D eigenvalue weighted by molar-refractivity contribution is 5.94. The number of ether oxygens (including phenoxy) is 1. The lowest BCUT2D eigenvalue weighted by Gasteiger charge is -2.29. The van der Waals surface area contributed by atoms with Gasteiger partial charge < -0.3 is 25.4 Å². The summed E-state index contributed by atoms with van der Waals surface area (Å²) in [5.74, 6) is 0.155. The average molecular weight is 534 g/mol. The van der Waals surface area contributed by atoms with Gasteiger partial charge in [0.15, 0.2) is 5.78 Å². The second-order valence-electron chi connectivity index (χ2n) is 10.3. The van der Waals surface area contributed by atoms with Gasteiger partial charge in [0.2, 0.25) is 11.8 Å². The van der Waals surface area contributed by atoms with Crippen molar-refractivity contribution in [2.24, 2.45) is 5.92 Å². The Kier molecular flexibility index (Phi) is 10.1. The first-order valence-corrected chi connectivity index (χ1v) is 14.0. The van der Waals surface area contributed by atoms with Crippen molar-refractivity contribution in [1.82, 2.24) is 15.5 Å². The molecule has 2 heterocycles. The molecule has 1 saturated heterocycles. The van der Waals surface area contributed by atoms with E-state index >= 15 is 0 Å². The summed E-state index contributed by atoms with van der Waals surface area (Å²) in [7, 11) is 0. The summed E-state index contributed by atoms with van der Waals surface area (Å²) in [6.07, 6.45) is 7.11. The summed E-state index contributed by atoms with van der Waals surface area (Å²) in [6.45, 7) is 3.67. The van der Waals surface area contributed by atoms with Crippen LogP contribution in [0.25, 0.3) is 6.08 Å². The van der Waals surface area contributed by atoms with E-state index in [-0.39, 0.29) is 29.8 Å². The fraction of sp³-hybridized carbons (Fsp3) is 0.452. The van der Waals surface area contributed by atoms with Gasteiger partial charge in [-0.2, -0.15) is 0 Å². The molecule has 0 bridgehead atoms. The summed E-state index contributed by atoms with van der Waals surface area (Å²) in [5.41, 5.74) is 1.80. The molecular formula is C31H39N3O5. The molecule has 3 N–H and O–H groups in total. The van der Waals surface area contributed by atoms with Gasteiger partial charge in [0.05, 0.1) is 12.1 Å². The maximum Gasteiger partial charge on any atom is 0.240 e. The lowest BCUT2D eigenvalue weighted by Crippen LogP contribution is -2.52. The molecule has 0 spiro atoms. The average Bonchev–Trinajstić information content (AvgIpc) is 3.43. The molecule has 39 heavy (non-hydrogen) atoms. The van der Waals surface area contributed by atoms with E-state index in [2.05, 4.69) is 10.6 Å². The standard InChI is InChI=1S/C31H39N3O5/c1-2-7-24-21-28(36)27-10-6-18-34(27)31(38)26(20-22-12-14-25(35)15-13-22)32-17-19-39-29-11-4-3-8-23(29)9-5-16-33-30(24)37/h3-5,8-9,11-15,24,26-27,32,35H,2,6-7,10,16-21H2,1H3,(H,33,37)/b9-5+/t24-,26-,27-/m1/s1. The number of benzene rings is 2. The first-order chi connectivity index (χ1) is 19.0. The first kappa shape index (κ1) is 28.4. The quantitative estimate of drug-likeness (QED) is 0.556. The molecule has 0 unspecified atom stereocenters. The monoisotopic (exact) mass is 533 g/mol. The van der Waals surface area contributed by atoms with Gasteiger partial charge in [-0.05, 0) is 49.4 Å². The molecule has 8 heteroatoms. The third-order valence-electron chi connectivity index (χ3n) is 7.40. The molecule has 0 aromatic heterocycles. The number of nitrogens with zero attached hydrogens (tertiary/aromatic N) is 1. The van der Waals surface area contributed by atoms with E-state index in [1.807, 2.05) is 43.3 Å². The van der Waals surface area contributed by atoms with Gasteiger partial charge in [-0.1, -0.05) is 55.8 Å². The molecule has 208 valence electrons. The van der Waals surface area contributed by atoms with E-state index in [1.54, 1.807) is 29.2 Å². The minimum Gasteiger partial charge on any atom is -0.508 e. The second-order valence-corrected chi connectivity index (χ2v) is 10.3. The van der Waals surface area contributed by atoms with Crippen molar-refractivity contribution in [2.45, 2.75) is 57.5 Å². The Morgan fingerprint density at radius 3 is 2.67 bits per heavy atom. The number of nitrogens with one attached hydrogen (secondary N) is 2. The summed E-state index contributed by atoms with van der Waals surface area (Å²) in [6, 6.07) is 13.4. The van der Waals surface area contributed by atoms with Crippen LogP contribution in [0.2, 0.25) is 0 Å². The van der Waals surface area contributed by atoms with Crippen LogP contribution in [0, 0.1) is 5.92 Å². The molecule has 1 fully saturated rings. The molecule has 2 aromatic rings. The van der Waals surface area contributed by atoms with Crippen LogP contribution in [0.5, 0.6) is 11.5 Å². The second kappa shape index (κ2) is 13.9. The fourth-order valence-electron chi connectivity index (χ4n) is 5.37. The van der Waals surface area contributed by atoms with Crippen molar-refractivity contribution < 1.29 is 24.2 Å². The van der Waals surface area contributed by atoms with Crippen molar-refractivity contribution in [3.63, 3.8) is 0 Å². The number of aromatic hydroxyl groups is 1. The zero-order valence-corrected chi connectivity index (χ0v) is 22.6. The number of hydrogen-bond donors (Lipinski definition) is 3. The highest BCUT2D eigenvalue weighted by Crippen LogP contribution is 2.25. The van der Waals surface area contributed by atoms with E-state index in [9.17, 15) is 19.5 Å². The third kappa shape index (κ3) is 7.69. The van der Waals surface area contributed by atoms with Gasteiger partial charge in [-0.3, -0.25) is 14.4 Å². The number of ketones is 1. The Morgan fingerprint density at radius 2 is 1.87 bits per heavy atom. The Balaban J connectivity index is 1.60. The Labute approximate surface area is 230 Å². The molecule has 2 aromatic carbocycles. The number of para-hydroxylation sites is 1. The summed E-state index contributed by atoms with van der Waals surface area (Å²) < 4.78 is 6.04. The molecule has 3 atom stereocenters. The largest absolute Gasteiger partial charge is 0.508 e. The van der Waals surface area contributed by atoms with E-state index in [1.165, 1.54) is 0 Å². The summed E-state index contributed by atoms with van der Waals surface area (Å²) >= 11 is 0. The van der Waals surface area contributed by atoms with Crippen molar-refractivity contribution >= 4 is 23.7 Å². The van der Waals surface area contributed by atoms with Crippen LogP contribution in [0.4, 0.5) is 0 Å². The van der Waals surface area contributed by atoms with Crippen molar-refractivity contribution in [1.29, 1.82) is 0 Å². The number of phenols is 1. The van der Waals surface area contributed by atoms with E-state index < -0.39 is 18.0 Å². The topological polar surface area (TPSA) is 108 Å². The predicted octanol–water partition coefficient (Wildman–Crippen LogP) is 3.48. The zero-order valence-electron chi connectivity index (χ0n) is 22.6. The lowest BCUT2D eigenvalue weighted by molar-refractivity contribution is -0.140. The number of amides is 2. The highest BCUT2D eigenvalue weighted by Gasteiger charge is 2.38. The molecule has 2 aliphatic rings. The number of fused-ring (bicyclic) bond motifs is 2. The third-order valence-corrected chi connectivity index (χ3v) is 7.40. The highest BCUT2D eigenvalue weighted by atomic mass is 16.5. The number of hydrogen-bond acceptors (Lipinski definition) is 6. The number of phenolic OH excluding ortho intramolecular Hbond substituents is 1. The summed E-state index contributed by atoms with van der Waals surface area (Å²) in [4.78, 5) is 42.0. The van der Waals surface area contributed by atoms with Gasteiger partial charge in [0.25, 0.3) is 0 Å². The number of Topliss-reactive ketones (excluding diaryl/α,β-unsaturated/α-hetero) is 1. The van der Waals surface area contributed by atoms with Crippen LogP contribution in [-0.2, 0) is 20.8 Å². The van der Waals surface area contributed by atoms with Crippen LogP contribution < -0.4 is 15.4 Å². The Bertz CT molecular complexity index is 1160. The molecule has 2 amide bonds. The van der Waals surface area contributed by atoms with Crippen molar-refractivity contribution in [3.8, 4) is 11.5 Å². The van der Waals surface area contributed by atoms with Gasteiger partial charge in [-0.25, -0.2) is 0 Å². The van der Waals surface area contributed by atoms with Crippen molar-refractivity contribution in [2.75, 3.05) is 26.2 Å². The number of rotatable bonds is 4. The van der Waals surface area contributed by atoms with E-state index in [4.69, 9.17) is 4.74 Å². The molecule has 2 aliphatic heterocycles. The van der Waals surface area contributed by atoms with Crippen LogP contribution in [0.3, 0.4) is 0 Å². The maximum atomic E-state index is 13.8. The van der Waals surface area contributed by atoms with Crippen LogP contribution in [0.1, 0.15) is 50.2 Å². The molecular weight excluding hydrogens is 494 g/mol. The zero-order chi connectivity index (χ0) is 27.6. The van der Waals surface area contributed by atoms with E-state index in [0.29, 0.717) is 45.5 Å². The Hall–Kier alpha value is -3.65. The van der Waals surface area contributed by atoms with Gasteiger partial charge in [-0.15, -0.1) is 0 Å². The first-order valence-electron chi connectivity index (χ1n) is 14.0. The SMILES string of the molecule is CCC[C@@H]1CC(=O)[C@H]2CCCN2C(=O)[C@@H](Cc2ccc(O)cc2)NCCOc2ccccc2/C=C/CNC1=O. The van der Waals surface area contributed by atoms with Gasteiger partial charge >= 0.3 is 0 Å². The van der Waals surface area contributed by atoms with Crippen LogP contribution in [-0.4, -0.2) is 65.9 Å². The minimum absolute atomic E-state index is 0.0493. The number of carbonyl (C=O) groups excluding carboxylic acids is 3. The van der Waals surface area contributed by atoms with Gasteiger partial charge in [0.1, 0.15) is 18.1 Å². The number of carbonyl (C=O) groups is 3. The van der Waals surface area contributed by atoms with Crippen molar-refractivity contribution in [3.05, 3.63) is 65.7 Å². The minimum atomic E-state index is -0.560. The fourth-order valence-corrected chi connectivity index (χ4v) is 5.37. The Morgan fingerprint density at radius 1 is 1.08 bits per heavy atom. The van der Waals surface area contributed by atoms with E-state index in [0.717, 1.165) is 29.7 Å². The van der Waals surface area contributed by atoms with Crippen LogP contribution >= 0.6 is 0 Å².